The second-order valence-electron chi connectivity index (χ2n) is 4.57. The van der Waals surface area contributed by atoms with Gasteiger partial charge in [0, 0.05) is 29.9 Å². The molecule has 106 valence electrons. The Hall–Kier alpha value is -1.49. The molecule has 2 rings (SSSR count). The summed E-state index contributed by atoms with van der Waals surface area (Å²) in [5.74, 6) is -1.16. The molecule has 1 heterocycles. The number of halogens is 3. The predicted octanol–water partition coefficient (Wildman–Crippen LogP) is 4.56. The summed E-state index contributed by atoms with van der Waals surface area (Å²) in [5.41, 5.74) is 0.548. The first-order chi connectivity index (χ1) is 9.52. The standard InChI is InChI=1S/C15H14BrF2NO/c1-2-3-14(20)10-6-7-19(8-10)9-11-13(17)5-4-12(16)15(11)18/h4-8H,2-3,9H2,1H3. The van der Waals surface area contributed by atoms with Crippen molar-refractivity contribution in [1.29, 1.82) is 0 Å². The number of Topliss-reactive ketones (excluding diaryl/α,β-unsaturated/α-hetero) is 1. The van der Waals surface area contributed by atoms with Crippen LogP contribution in [0.3, 0.4) is 0 Å². The molecule has 1 aromatic heterocycles. The van der Waals surface area contributed by atoms with E-state index in [2.05, 4.69) is 15.9 Å². The number of rotatable bonds is 5. The van der Waals surface area contributed by atoms with Gasteiger partial charge in [0.15, 0.2) is 5.78 Å². The van der Waals surface area contributed by atoms with Gasteiger partial charge in [-0.3, -0.25) is 4.79 Å². The fourth-order valence-electron chi connectivity index (χ4n) is 1.97. The number of carbonyl (C=O) groups is 1. The Labute approximate surface area is 124 Å². The van der Waals surface area contributed by atoms with Gasteiger partial charge in [0.1, 0.15) is 11.6 Å². The van der Waals surface area contributed by atoms with Crippen molar-refractivity contribution in [1.82, 2.24) is 4.57 Å². The minimum atomic E-state index is -0.611. The first kappa shape index (κ1) is 14.9. The largest absolute Gasteiger partial charge is 0.349 e. The molecule has 0 aliphatic carbocycles. The molecule has 0 amide bonds. The Morgan fingerprint density at radius 2 is 2.05 bits per heavy atom. The molecule has 0 aliphatic rings. The third kappa shape index (κ3) is 3.15. The summed E-state index contributed by atoms with van der Waals surface area (Å²) in [5, 5.41) is 0. The van der Waals surface area contributed by atoms with Gasteiger partial charge in [-0.15, -0.1) is 0 Å². The van der Waals surface area contributed by atoms with Gasteiger partial charge in [0.2, 0.25) is 0 Å². The minimum absolute atomic E-state index is 0.0236. The second kappa shape index (κ2) is 6.31. The second-order valence-corrected chi connectivity index (χ2v) is 5.42. The van der Waals surface area contributed by atoms with Gasteiger partial charge in [-0.2, -0.15) is 0 Å². The monoisotopic (exact) mass is 341 g/mol. The Balaban J connectivity index is 2.23. The lowest BCUT2D eigenvalue weighted by atomic mass is 10.1. The van der Waals surface area contributed by atoms with E-state index in [-0.39, 0.29) is 22.4 Å². The molecule has 0 radical (unpaired) electrons. The van der Waals surface area contributed by atoms with E-state index in [4.69, 9.17) is 0 Å². The minimum Gasteiger partial charge on any atom is -0.349 e. The van der Waals surface area contributed by atoms with Gasteiger partial charge in [0.05, 0.1) is 11.0 Å². The molecule has 0 atom stereocenters. The van der Waals surface area contributed by atoms with Gasteiger partial charge < -0.3 is 4.57 Å². The van der Waals surface area contributed by atoms with Crippen LogP contribution < -0.4 is 0 Å². The average Bonchev–Trinajstić information content (AvgIpc) is 2.88. The van der Waals surface area contributed by atoms with Crippen LogP contribution in [0.4, 0.5) is 8.78 Å². The molecule has 1 aromatic carbocycles. The highest BCUT2D eigenvalue weighted by Gasteiger charge is 2.13. The lowest BCUT2D eigenvalue weighted by Crippen LogP contribution is -2.04. The molecule has 2 nitrogen and oxygen atoms in total. The smallest absolute Gasteiger partial charge is 0.164 e. The van der Waals surface area contributed by atoms with Gasteiger partial charge >= 0.3 is 0 Å². The molecule has 0 spiro atoms. The van der Waals surface area contributed by atoms with E-state index in [1.54, 1.807) is 23.0 Å². The fourth-order valence-corrected chi connectivity index (χ4v) is 2.34. The topological polar surface area (TPSA) is 22.0 Å². The molecule has 0 bridgehead atoms. The van der Waals surface area contributed by atoms with Crippen LogP contribution in [0.15, 0.2) is 35.1 Å². The predicted molar refractivity (Wildman–Crippen MR) is 76.8 cm³/mol. The summed E-state index contributed by atoms with van der Waals surface area (Å²) in [6.07, 6.45) is 4.53. The van der Waals surface area contributed by atoms with Gasteiger partial charge in [-0.05, 0) is 40.5 Å². The average molecular weight is 342 g/mol. The van der Waals surface area contributed by atoms with E-state index >= 15 is 0 Å². The highest BCUT2D eigenvalue weighted by atomic mass is 79.9. The Kier molecular flexibility index (Phi) is 4.70. The lowest BCUT2D eigenvalue weighted by molar-refractivity contribution is 0.0981. The summed E-state index contributed by atoms with van der Waals surface area (Å²) in [7, 11) is 0. The zero-order valence-electron chi connectivity index (χ0n) is 11.0. The van der Waals surface area contributed by atoms with Crippen LogP contribution in [0.1, 0.15) is 35.7 Å². The van der Waals surface area contributed by atoms with Crippen molar-refractivity contribution in [2.24, 2.45) is 0 Å². The third-order valence-electron chi connectivity index (χ3n) is 3.03. The molecule has 0 unspecified atom stereocenters. The lowest BCUT2D eigenvalue weighted by Gasteiger charge is -2.07. The summed E-state index contributed by atoms with van der Waals surface area (Å²) < 4.78 is 29.4. The van der Waals surface area contributed by atoms with Gasteiger partial charge in [-0.25, -0.2) is 8.78 Å². The van der Waals surface area contributed by atoms with Crippen molar-refractivity contribution >= 4 is 21.7 Å². The summed E-state index contributed by atoms with van der Waals surface area (Å²) in [4.78, 5) is 11.7. The van der Waals surface area contributed by atoms with Crippen LogP contribution in [0.5, 0.6) is 0 Å². The number of ketones is 1. The van der Waals surface area contributed by atoms with Gasteiger partial charge in [0.25, 0.3) is 0 Å². The summed E-state index contributed by atoms with van der Waals surface area (Å²) >= 11 is 3.04. The number of aromatic nitrogens is 1. The maximum atomic E-state index is 13.9. The molecule has 0 saturated heterocycles. The number of benzene rings is 1. The molecule has 20 heavy (non-hydrogen) atoms. The number of carbonyl (C=O) groups excluding carboxylic acids is 1. The van der Waals surface area contributed by atoms with Crippen molar-refractivity contribution in [2.75, 3.05) is 0 Å². The highest BCUT2D eigenvalue weighted by molar-refractivity contribution is 9.10. The van der Waals surface area contributed by atoms with Crippen LogP contribution in [-0.4, -0.2) is 10.4 Å². The van der Waals surface area contributed by atoms with Crippen LogP contribution in [-0.2, 0) is 6.54 Å². The SMILES string of the molecule is CCCC(=O)c1ccn(Cc2c(F)ccc(Br)c2F)c1. The van der Waals surface area contributed by atoms with E-state index < -0.39 is 11.6 Å². The number of hydrogen-bond acceptors (Lipinski definition) is 1. The Morgan fingerprint density at radius 1 is 1.30 bits per heavy atom. The van der Waals surface area contributed by atoms with E-state index in [1.807, 2.05) is 6.92 Å². The molecule has 0 N–H and O–H groups in total. The zero-order valence-corrected chi connectivity index (χ0v) is 12.6. The first-order valence-corrected chi connectivity index (χ1v) is 7.13. The van der Waals surface area contributed by atoms with Crippen molar-refractivity contribution in [3.05, 3.63) is 57.8 Å². The van der Waals surface area contributed by atoms with E-state index in [9.17, 15) is 13.6 Å². The molecular weight excluding hydrogens is 328 g/mol. The maximum absolute atomic E-state index is 13.9. The normalized spacial score (nSPS) is 10.8. The van der Waals surface area contributed by atoms with Crippen molar-refractivity contribution < 1.29 is 13.6 Å². The fraction of sp³-hybridized carbons (Fsp3) is 0.267. The van der Waals surface area contributed by atoms with Crippen LogP contribution in [0, 0.1) is 11.6 Å². The third-order valence-corrected chi connectivity index (χ3v) is 3.64. The quantitative estimate of drug-likeness (QED) is 0.577. The molecule has 2 aromatic rings. The van der Waals surface area contributed by atoms with Crippen LogP contribution >= 0.6 is 15.9 Å². The Morgan fingerprint density at radius 3 is 2.75 bits per heavy atom. The van der Waals surface area contributed by atoms with Crippen molar-refractivity contribution in [2.45, 2.75) is 26.3 Å². The van der Waals surface area contributed by atoms with Crippen molar-refractivity contribution in [3.63, 3.8) is 0 Å². The van der Waals surface area contributed by atoms with Crippen molar-refractivity contribution in [3.8, 4) is 0 Å². The molecule has 5 heteroatoms. The summed E-state index contributed by atoms with van der Waals surface area (Å²) in [6, 6.07) is 4.22. The number of nitrogens with zero attached hydrogens (tertiary/aromatic N) is 1. The molecule has 0 aliphatic heterocycles. The van der Waals surface area contributed by atoms with Crippen LogP contribution in [0.2, 0.25) is 0 Å². The summed E-state index contributed by atoms with van der Waals surface area (Å²) in [6.45, 7) is 1.98. The molecule has 0 fully saturated rings. The van der Waals surface area contributed by atoms with Crippen LogP contribution in [0.25, 0.3) is 0 Å². The Bertz CT molecular complexity index is 637. The zero-order chi connectivity index (χ0) is 14.7. The van der Waals surface area contributed by atoms with E-state index in [0.29, 0.717) is 12.0 Å². The highest BCUT2D eigenvalue weighted by Crippen LogP contribution is 2.22. The molecule has 0 saturated carbocycles. The van der Waals surface area contributed by atoms with Gasteiger partial charge in [-0.1, -0.05) is 6.92 Å². The first-order valence-electron chi connectivity index (χ1n) is 6.34. The molecular formula is C15H14BrF2NO. The van der Waals surface area contributed by atoms with E-state index in [0.717, 1.165) is 6.42 Å². The maximum Gasteiger partial charge on any atom is 0.164 e. The number of hydrogen-bond donors (Lipinski definition) is 0. The van der Waals surface area contributed by atoms with E-state index in [1.165, 1.54) is 12.1 Å².